The first-order valence-electron chi connectivity index (χ1n) is 7.87. The minimum atomic E-state index is -0.240. The predicted molar refractivity (Wildman–Crippen MR) is 79.8 cm³/mol. The molecule has 1 saturated heterocycles. The summed E-state index contributed by atoms with van der Waals surface area (Å²) >= 11 is 0. The van der Waals surface area contributed by atoms with E-state index >= 15 is 0 Å². The Labute approximate surface area is 128 Å². The van der Waals surface area contributed by atoms with Gasteiger partial charge in [0, 0.05) is 25.1 Å². The van der Waals surface area contributed by atoms with Gasteiger partial charge in [0.05, 0.1) is 12.2 Å². The quantitative estimate of drug-likeness (QED) is 0.833. The Morgan fingerprint density at radius 3 is 2.77 bits per heavy atom. The van der Waals surface area contributed by atoms with E-state index in [1.165, 1.54) is 6.07 Å². The van der Waals surface area contributed by atoms with Gasteiger partial charge in [-0.3, -0.25) is 9.59 Å². The highest BCUT2D eigenvalue weighted by Crippen LogP contribution is 2.37. The number of nitrogens with zero attached hydrogens (tertiary/aromatic N) is 2. The van der Waals surface area contributed by atoms with E-state index in [0.717, 1.165) is 25.7 Å². The number of carbonyl (C=O) groups excluding carboxylic acids is 1. The van der Waals surface area contributed by atoms with Gasteiger partial charge in [-0.1, -0.05) is 12.2 Å². The summed E-state index contributed by atoms with van der Waals surface area (Å²) in [6, 6.07) is 1.31. The van der Waals surface area contributed by atoms with Gasteiger partial charge >= 0.3 is 0 Å². The van der Waals surface area contributed by atoms with Gasteiger partial charge in [0.15, 0.2) is 0 Å². The fourth-order valence-electron chi connectivity index (χ4n) is 3.22. The van der Waals surface area contributed by atoms with Crippen LogP contribution in [0.3, 0.4) is 0 Å². The molecule has 2 aliphatic heterocycles. The van der Waals surface area contributed by atoms with Crippen LogP contribution in [0.5, 0.6) is 0 Å². The van der Waals surface area contributed by atoms with Crippen LogP contribution in [0.25, 0.3) is 0 Å². The molecule has 1 saturated carbocycles. The summed E-state index contributed by atoms with van der Waals surface area (Å²) in [5.74, 6) is 0.832. The minimum absolute atomic E-state index is 0.148. The van der Waals surface area contributed by atoms with Crippen molar-refractivity contribution in [3.8, 4) is 0 Å². The van der Waals surface area contributed by atoms with Gasteiger partial charge in [-0.2, -0.15) is 0 Å². The standard InChI is InChI=1S/C16H19N3O3/c20-13-10-12(17-14(18-13)11-2-3-11)15(21)19-7-5-16(6-8-19)4-1-9-22-16/h1,4,10-11H,2-3,5-9H2,(H,17,18,20). The van der Waals surface area contributed by atoms with E-state index in [0.29, 0.717) is 31.4 Å². The maximum atomic E-state index is 12.6. The van der Waals surface area contributed by atoms with Crippen molar-refractivity contribution in [2.75, 3.05) is 19.7 Å². The Kier molecular flexibility index (Phi) is 3.14. The van der Waals surface area contributed by atoms with Crippen molar-refractivity contribution >= 4 is 5.91 Å². The van der Waals surface area contributed by atoms with Crippen molar-refractivity contribution in [3.63, 3.8) is 0 Å². The molecule has 0 bridgehead atoms. The number of aromatic nitrogens is 2. The molecule has 1 N–H and O–H groups in total. The highest BCUT2D eigenvalue weighted by atomic mass is 16.5. The van der Waals surface area contributed by atoms with E-state index in [2.05, 4.69) is 16.0 Å². The van der Waals surface area contributed by atoms with Gasteiger partial charge in [0.25, 0.3) is 11.5 Å². The molecular weight excluding hydrogens is 282 g/mol. The monoisotopic (exact) mass is 301 g/mol. The number of nitrogens with one attached hydrogen (secondary N) is 1. The molecule has 116 valence electrons. The maximum Gasteiger partial charge on any atom is 0.272 e. The Morgan fingerprint density at radius 2 is 2.14 bits per heavy atom. The molecule has 1 aromatic heterocycles. The van der Waals surface area contributed by atoms with Crippen molar-refractivity contribution in [1.29, 1.82) is 0 Å². The summed E-state index contributed by atoms with van der Waals surface area (Å²) in [5.41, 5.74) is -0.155. The van der Waals surface area contributed by atoms with Crippen LogP contribution < -0.4 is 5.56 Å². The third kappa shape index (κ3) is 2.47. The van der Waals surface area contributed by atoms with E-state index in [-0.39, 0.29) is 22.8 Å². The molecule has 3 aliphatic rings. The zero-order valence-corrected chi connectivity index (χ0v) is 12.4. The zero-order valence-electron chi connectivity index (χ0n) is 12.4. The van der Waals surface area contributed by atoms with Gasteiger partial charge < -0.3 is 14.6 Å². The number of rotatable bonds is 2. The number of ether oxygens (including phenoxy) is 1. The molecule has 22 heavy (non-hydrogen) atoms. The van der Waals surface area contributed by atoms with Crippen LogP contribution in [0, 0.1) is 0 Å². The molecule has 2 fully saturated rings. The Hall–Kier alpha value is -1.95. The van der Waals surface area contributed by atoms with Crippen LogP contribution in [-0.2, 0) is 4.74 Å². The van der Waals surface area contributed by atoms with Gasteiger partial charge in [-0.25, -0.2) is 4.98 Å². The molecule has 0 radical (unpaired) electrons. The highest BCUT2D eigenvalue weighted by molar-refractivity contribution is 5.92. The first kappa shape index (κ1) is 13.7. The molecule has 4 rings (SSSR count). The largest absolute Gasteiger partial charge is 0.367 e. The average Bonchev–Trinajstić information content (AvgIpc) is 3.29. The van der Waals surface area contributed by atoms with Crippen molar-refractivity contribution in [2.24, 2.45) is 0 Å². The molecule has 1 aromatic rings. The van der Waals surface area contributed by atoms with E-state index in [9.17, 15) is 9.59 Å². The second kappa shape index (κ2) is 5.05. The van der Waals surface area contributed by atoms with E-state index in [1.807, 2.05) is 6.08 Å². The summed E-state index contributed by atoms with van der Waals surface area (Å²) in [6.45, 7) is 1.93. The molecule has 0 unspecified atom stereocenters. The maximum absolute atomic E-state index is 12.6. The van der Waals surface area contributed by atoms with E-state index < -0.39 is 0 Å². The smallest absolute Gasteiger partial charge is 0.272 e. The topological polar surface area (TPSA) is 75.3 Å². The summed E-state index contributed by atoms with van der Waals surface area (Å²) in [7, 11) is 0. The number of likely N-dealkylation sites (tertiary alicyclic amines) is 1. The lowest BCUT2D eigenvalue weighted by Gasteiger charge is -2.37. The molecule has 1 spiro atoms. The lowest BCUT2D eigenvalue weighted by atomic mass is 9.91. The first-order chi connectivity index (χ1) is 10.7. The van der Waals surface area contributed by atoms with Crippen LogP contribution >= 0.6 is 0 Å². The van der Waals surface area contributed by atoms with Crippen molar-refractivity contribution in [2.45, 2.75) is 37.2 Å². The van der Waals surface area contributed by atoms with Crippen molar-refractivity contribution < 1.29 is 9.53 Å². The van der Waals surface area contributed by atoms with Crippen molar-refractivity contribution in [1.82, 2.24) is 14.9 Å². The van der Waals surface area contributed by atoms with Gasteiger partial charge in [-0.05, 0) is 25.7 Å². The number of hydrogen-bond donors (Lipinski definition) is 1. The summed E-state index contributed by atoms with van der Waals surface area (Å²) in [4.78, 5) is 33.2. The number of piperidine rings is 1. The normalized spacial score (nSPS) is 23.2. The third-order valence-electron chi connectivity index (χ3n) is 4.73. The summed E-state index contributed by atoms with van der Waals surface area (Å²) in [5, 5.41) is 0. The van der Waals surface area contributed by atoms with Crippen LogP contribution in [-0.4, -0.2) is 46.1 Å². The molecule has 0 aromatic carbocycles. The number of H-pyrrole nitrogens is 1. The predicted octanol–water partition coefficient (Wildman–Crippen LogP) is 1.21. The van der Waals surface area contributed by atoms with Crippen LogP contribution in [0.4, 0.5) is 0 Å². The van der Waals surface area contributed by atoms with Crippen LogP contribution in [0.1, 0.15) is 47.9 Å². The number of aromatic amines is 1. The molecule has 1 amide bonds. The number of amides is 1. The highest BCUT2D eigenvalue weighted by Gasteiger charge is 2.37. The third-order valence-corrected chi connectivity index (χ3v) is 4.73. The van der Waals surface area contributed by atoms with Gasteiger partial charge in [0.2, 0.25) is 0 Å². The van der Waals surface area contributed by atoms with Crippen LogP contribution in [0.2, 0.25) is 0 Å². The molecule has 6 nitrogen and oxygen atoms in total. The van der Waals surface area contributed by atoms with Crippen LogP contribution in [0.15, 0.2) is 23.0 Å². The fraction of sp³-hybridized carbons (Fsp3) is 0.562. The van der Waals surface area contributed by atoms with Gasteiger partial charge in [0.1, 0.15) is 11.5 Å². The number of hydrogen-bond acceptors (Lipinski definition) is 4. The van der Waals surface area contributed by atoms with Gasteiger partial charge in [-0.15, -0.1) is 0 Å². The Morgan fingerprint density at radius 1 is 1.36 bits per heavy atom. The fourth-order valence-corrected chi connectivity index (χ4v) is 3.22. The minimum Gasteiger partial charge on any atom is -0.367 e. The first-order valence-corrected chi connectivity index (χ1v) is 7.87. The molecular formula is C16H19N3O3. The van der Waals surface area contributed by atoms with E-state index in [4.69, 9.17) is 4.74 Å². The Bertz CT molecular complexity index is 682. The molecule has 6 heteroatoms. The lowest BCUT2D eigenvalue weighted by Crippen LogP contribution is -2.46. The van der Waals surface area contributed by atoms with Crippen molar-refractivity contribution in [3.05, 3.63) is 40.1 Å². The summed E-state index contributed by atoms with van der Waals surface area (Å²) in [6.07, 6.45) is 7.83. The average molecular weight is 301 g/mol. The Balaban J connectivity index is 1.50. The molecule has 1 aliphatic carbocycles. The van der Waals surface area contributed by atoms with E-state index in [1.54, 1.807) is 4.90 Å². The second-order valence-electron chi connectivity index (χ2n) is 6.36. The summed E-state index contributed by atoms with van der Waals surface area (Å²) < 4.78 is 5.77. The number of carbonyl (C=O) groups is 1. The molecule has 0 atom stereocenters. The molecule has 3 heterocycles. The zero-order chi connectivity index (χ0) is 15.2. The lowest BCUT2D eigenvalue weighted by molar-refractivity contribution is -0.0194. The SMILES string of the molecule is O=C(c1cc(=O)[nH]c(C2CC2)n1)N1CCC2(C=CCO2)CC1. The second-order valence-corrected chi connectivity index (χ2v) is 6.36.